The van der Waals surface area contributed by atoms with Gasteiger partial charge in [-0.2, -0.15) is 0 Å². The van der Waals surface area contributed by atoms with E-state index in [1.54, 1.807) is 24.0 Å². The first kappa shape index (κ1) is 19.0. The molecular weight excluding hydrogens is 395 g/mol. The lowest BCUT2D eigenvalue weighted by molar-refractivity contribution is 0.0792. The van der Waals surface area contributed by atoms with Crippen LogP contribution in [0.4, 0.5) is 5.69 Å². The highest BCUT2D eigenvalue weighted by Gasteiger charge is 2.24. The first-order valence-electron chi connectivity index (χ1n) is 8.16. The predicted octanol–water partition coefficient (Wildman–Crippen LogP) is 4.34. The number of anilines is 1. The van der Waals surface area contributed by atoms with Crippen molar-refractivity contribution in [1.82, 2.24) is 4.90 Å². The van der Waals surface area contributed by atoms with Crippen LogP contribution in [-0.4, -0.2) is 32.3 Å². The number of likely N-dealkylation sites (tertiary alicyclic amines) is 1. The third kappa shape index (κ3) is 3.98. The maximum Gasteiger partial charge on any atom is 0.261 e. The van der Waals surface area contributed by atoms with Gasteiger partial charge in [0.2, 0.25) is 0 Å². The molecule has 0 saturated carbocycles. The Morgan fingerprint density at radius 2 is 1.77 bits per heavy atom. The van der Waals surface area contributed by atoms with Crippen LogP contribution in [0.5, 0.6) is 0 Å². The summed E-state index contributed by atoms with van der Waals surface area (Å²) >= 11 is 11.9. The number of hydrogen-bond donors (Lipinski definition) is 1. The fourth-order valence-corrected chi connectivity index (χ4v) is 4.36. The highest BCUT2D eigenvalue weighted by molar-refractivity contribution is 7.92. The molecule has 0 unspecified atom stereocenters. The van der Waals surface area contributed by atoms with Gasteiger partial charge in [0, 0.05) is 23.7 Å². The Labute approximate surface area is 163 Å². The molecule has 1 N–H and O–H groups in total. The highest BCUT2D eigenvalue weighted by Crippen LogP contribution is 2.28. The van der Waals surface area contributed by atoms with E-state index in [4.69, 9.17) is 23.2 Å². The average Bonchev–Trinajstić information content (AvgIpc) is 3.12. The number of nitrogens with one attached hydrogen (secondary N) is 1. The molecule has 0 atom stereocenters. The van der Waals surface area contributed by atoms with Crippen molar-refractivity contribution in [1.29, 1.82) is 0 Å². The number of benzene rings is 2. The standard InChI is InChI=1S/C18H18Cl2N2O3S/c1-12-4-6-14(11-15(12)18(23)22-8-2-3-9-22)26(24,25)21-17-10-13(19)5-7-16(17)20/h4-7,10-11,21H,2-3,8-9H2,1H3. The number of amides is 1. The number of halogens is 2. The molecule has 1 heterocycles. The average molecular weight is 413 g/mol. The molecule has 0 radical (unpaired) electrons. The molecule has 0 aromatic heterocycles. The summed E-state index contributed by atoms with van der Waals surface area (Å²) < 4.78 is 27.9. The normalized spacial score (nSPS) is 14.5. The van der Waals surface area contributed by atoms with E-state index in [0.717, 1.165) is 18.4 Å². The molecule has 1 aliphatic rings. The minimum atomic E-state index is -3.91. The lowest BCUT2D eigenvalue weighted by Gasteiger charge is -2.18. The largest absolute Gasteiger partial charge is 0.339 e. The van der Waals surface area contributed by atoms with Gasteiger partial charge in [0.15, 0.2) is 0 Å². The maximum absolute atomic E-state index is 12.7. The van der Waals surface area contributed by atoms with Gasteiger partial charge in [-0.3, -0.25) is 9.52 Å². The van der Waals surface area contributed by atoms with Crippen molar-refractivity contribution < 1.29 is 13.2 Å². The van der Waals surface area contributed by atoms with Crippen LogP contribution in [0.25, 0.3) is 0 Å². The number of rotatable bonds is 4. The molecule has 8 heteroatoms. The molecule has 0 bridgehead atoms. The number of aryl methyl sites for hydroxylation is 1. The van der Waals surface area contributed by atoms with Crippen LogP contribution in [0.1, 0.15) is 28.8 Å². The molecule has 26 heavy (non-hydrogen) atoms. The molecule has 1 aliphatic heterocycles. The van der Waals surface area contributed by atoms with Gasteiger partial charge in [-0.15, -0.1) is 0 Å². The van der Waals surface area contributed by atoms with Crippen LogP contribution in [0.15, 0.2) is 41.3 Å². The van der Waals surface area contributed by atoms with Crippen LogP contribution in [-0.2, 0) is 10.0 Å². The Bertz CT molecular complexity index is 955. The second-order valence-electron chi connectivity index (χ2n) is 6.21. The van der Waals surface area contributed by atoms with Gasteiger partial charge in [-0.25, -0.2) is 8.42 Å². The van der Waals surface area contributed by atoms with Gasteiger partial charge in [-0.1, -0.05) is 29.3 Å². The molecule has 0 aliphatic carbocycles. The Morgan fingerprint density at radius 3 is 2.46 bits per heavy atom. The zero-order valence-corrected chi connectivity index (χ0v) is 16.5. The third-order valence-corrected chi connectivity index (χ3v) is 6.24. The number of hydrogen-bond acceptors (Lipinski definition) is 3. The monoisotopic (exact) mass is 412 g/mol. The summed E-state index contributed by atoms with van der Waals surface area (Å²) in [5, 5.41) is 0.597. The van der Waals surface area contributed by atoms with Gasteiger partial charge in [0.05, 0.1) is 15.6 Å². The number of nitrogens with zero attached hydrogens (tertiary/aromatic N) is 1. The lowest BCUT2D eigenvalue weighted by Crippen LogP contribution is -2.28. The summed E-state index contributed by atoms with van der Waals surface area (Å²) in [6.07, 6.45) is 1.94. The van der Waals surface area contributed by atoms with Gasteiger partial charge >= 0.3 is 0 Å². The van der Waals surface area contributed by atoms with Crippen LogP contribution < -0.4 is 4.72 Å². The van der Waals surface area contributed by atoms with Crippen molar-refractivity contribution in [2.75, 3.05) is 17.8 Å². The lowest BCUT2D eigenvalue weighted by atomic mass is 10.1. The maximum atomic E-state index is 12.7. The summed E-state index contributed by atoms with van der Waals surface area (Å²) in [7, 11) is -3.91. The second-order valence-corrected chi connectivity index (χ2v) is 8.73. The van der Waals surface area contributed by atoms with E-state index in [0.29, 0.717) is 23.7 Å². The SMILES string of the molecule is Cc1ccc(S(=O)(=O)Nc2cc(Cl)ccc2Cl)cc1C(=O)N1CCCC1. The fraction of sp³-hybridized carbons (Fsp3) is 0.278. The van der Waals surface area contributed by atoms with Gasteiger partial charge in [-0.05, 0) is 55.7 Å². The van der Waals surface area contributed by atoms with E-state index < -0.39 is 10.0 Å². The summed E-state index contributed by atoms with van der Waals surface area (Å²) in [4.78, 5) is 14.4. The molecule has 138 valence electrons. The molecule has 0 spiro atoms. The van der Waals surface area contributed by atoms with Crippen molar-refractivity contribution in [3.63, 3.8) is 0 Å². The molecule has 2 aromatic carbocycles. The predicted molar refractivity (Wildman–Crippen MR) is 104 cm³/mol. The van der Waals surface area contributed by atoms with Gasteiger partial charge < -0.3 is 4.90 Å². The Balaban J connectivity index is 1.94. The zero-order valence-electron chi connectivity index (χ0n) is 14.1. The Morgan fingerprint density at radius 1 is 1.08 bits per heavy atom. The summed E-state index contributed by atoms with van der Waals surface area (Å²) in [5.41, 5.74) is 1.32. The molecular formula is C18H18Cl2N2O3S. The topological polar surface area (TPSA) is 66.5 Å². The van der Waals surface area contributed by atoms with E-state index in [-0.39, 0.29) is 21.5 Å². The van der Waals surface area contributed by atoms with E-state index in [1.165, 1.54) is 24.3 Å². The molecule has 5 nitrogen and oxygen atoms in total. The van der Waals surface area contributed by atoms with Crippen LogP contribution in [0.2, 0.25) is 10.0 Å². The quantitative estimate of drug-likeness (QED) is 0.811. The first-order chi connectivity index (χ1) is 12.3. The van der Waals surface area contributed by atoms with E-state index in [9.17, 15) is 13.2 Å². The highest BCUT2D eigenvalue weighted by atomic mass is 35.5. The summed E-state index contributed by atoms with van der Waals surface area (Å²) in [6, 6.07) is 9.04. The first-order valence-corrected chi connectivity index (χ1v) is 10.4. The smallest absolute Gasteiger partial charge is 0.261 e. The molecule has 1 amide bonds. The fourth-order valence-electron chi connectivity index (χ4n) is 2.87. The van der Waals surface area contributed by atoms with Crippen LogP contribution in [0.3, 0.4) is 0 Å². The second kappa shape index (κ2) is 7.47. The Kier molecular flexibility index (Phi) is 5.46. The molecule has 1 fully saturated rings. The van der Waals surface area contributed by atoms with Crippen molar-refractivity contribution in [2.45, 2.75) is 24.7 Å². The number of sulfonamides is 1. The molecule has 2 aromatic rings. The van der Waals surface area contributed by atoms with E-state index in [2.05, 4.69) is 4.72 Å². The van der Waals surface area contributed by atoms with Crippen LogP contribution >= 0.6 is 23.2 Å². The number of carbonyl (C=O) groups excluding carboxylic acids is 1. The van der Waals surface area contributed by atoms with Crippen molar-refractivity contribution in [2.24, 2.45) is 0 Å². The minimum absolute atomic E-state index is 0.00156. The van der Waals surface area contributed by atoms with E-state index >= 15 is 0 Å². The Hall–Kier alpha value is -1.76. The van der Waals surface area contributed by atoms with Crippen molar-refractivity contribution >= 4 is 44.8 Å². The minimum Gasteiger partial charge on any atom is -0.339 e. The molecule has 1 saturated heterocycles. The number of carbonyl (C=O) groups is 1. The third-order valence-electron chi connectivity index (χ3n) is 4.32. The van der Waals surface area contributed by atoms with Crippen LogP contribution in [0, 0.1) is 6.92 Å². The van der Waals surface area contributed by atoms with Crippen molar-refractivity contribution in [3.05, 3.63) is 57.6 Å². The summed E-state index contributed by atoms with van der Waals surface area (Å²) in [6.45, 7) is 3.19. The zero-order chi connectivity index (χ0) is 18.9. The van der Waals surface area contributed by atoms with Gasteiger partial charge in [0.1, 0.15) is 0 Å². The summed E-state index contributed by atoms with van der Waals surface area (Å²) in [5.74, 6) is -0.141. The van der Waals surface area contributed by atoms with Gasteiger partial charge in [0.25, 0.3) is 15.9 Å². The molecule has 3 rings (SSSR count). The van der Waals surface area contributed by atoms with Crippen molar-refractivity contribution in [3.8, 4) is 0 Å². The van der Waals surface area contributed by atoms with E-state index in [1.807, 2.05) is 0 Å².